The molecule has 1 aliphatic heterocycles. The maximum Gasteiger partial charge on any atom is 0.141 e. The van der Waals surface area contributed by atoms with Gasteiger partial charge in [0.25, 0.3) is 0 Å². The van der Waals surface area contributed by atoms with Crippen molar-refractivity contribution in [3.05, 3.63) is 83.4 Å². The highest BCUT2D eigenvalue weighted by Gasteiger charge is 2.14. The maximum atomic E-state index is 13.4. The maximum absolute atomic E-state index is 13.4. The molecular formula is C26H23ClFN5O. The lowest BCUT2D eigenvalue weighted by atomic mass is 10.2. The summed E-state index contributed by atoms with van der Waals surface area (Å²) in [6, 6.07) is 17.6. The van der Waals surface area contributed by atoms with Crippen LogP contribution in [-0.2, 0) is 6.61 Å². The zero-order valence-electron chi connectivity index (χ0n) is 18.6. The number of ether oxygens (including phenoxy) is 1. The van der Waals surface area contributed by atoms with E-state index in [4.69, 9.17) is 21.3 Å². The fourth-order valence-electron chi connectivity index (χ4n) is 3.92. The van der Waals surface area contributed by atoms with Crippen LogP contribution in [0.4, 0.5) is 21.6 Å². The molecule has 2 heterocycles. The largest absolute Gasteiger partial charge is 0.487 e. The van der Waals surface area contributed by atoms with Crippen LogP contribution < -0.4 is 10.1 Å². The van der Waals surface area contributed by atoms with E-state index < -0.39 is 0 Å². The van der Waals surface area contributed by atoms with Crippen molar-refractivity contribution in [3.63, 3.8) is 0 Å². The Morgan fingerprint density at radius 1 is 1.12 bits per heavy atom. The van der Waals surface area contributed by atoms with E-state index in [1.54, 1.807) is 24.3 Å². The fraction of sp³-hybridized carbons (Fsp3) is 0.192. The Kier molecular flexibility index (Phi) is 6.27. The fourth-order valence-corrected chi connectivity index (χ4v) is 4.15. The average Bonchev–Trinajstić information content (AvgIpc) is 3.23. The minimum Gasteiger partial charge on any atom is -0.487 e. The second kappa shape index (κ2) is 9.65. The number of benzene rings is 3. The Balaban J connectivity index is 1.36. The van der Waals surface area contributed by atoms with Crippen LogP contribution in [0.15, 0.2) is 72.0 Å². The van der Waals surface area contributed by atoms with E-state index in [1.165, 1.54) is 18.5 Å². The van der Waals surface area contributed by atoms with Crippen molar-refractivity contribution in [1.82, 2.24) is 14.9 Å². The normalized spacial score (nSPS) is 14.7. The predicted octanol–water partition coefficient (Wildman–Crippen LogP) is 6.50. The first-order chi connectivity index (χ1) is 16.5. The number of aromatic nitrogens is 2. The van der Waals surface area contributed by atoms with Crippen molar-refractivity contribution in [2.75, 3.05) is 18.9 Å². The van der Waals surface area contributed by atoms with Gasteiger partial charge >= 0.3 is 0 Å². The first-order valence-electron chi connectivity index (χ1n) is 11.0. The van der Waals surface area contributed by atoms with E-state index in [9.17, 15) is 4.39 Å². The van der Waals surface area contributed by atoms with Crippen LogP contribution in [0, 0.1) is 5.82 Å². The van der Waals surface area contributed by atoms with Gasteiger partial charge < -0.3 is 15.0 Å². The van der Waals surface area contributed by atoms with Crippen LogP contribution in [0.25, 0.3) is 10.9 Å². The summed E-state index contributed by atoms with van der Waals surface area (Å²) in [5.74, 6) is 1.97. The van der Waals surface area contributed by atoms with Gasteiger partial charge in [0, 0.05) is 31.1 Å². The molecule has 8 heteroatoms. The lowest BCUT2D eigenvalue weighted by Gasteiger charge is -2.13. The zero-order chi connectivity index (χ0) is 23.5. The van der Waals surface area contributed by atoms with Gasteiger partial charge in [-0.2, -0.15) is 0 Å². The third-order valence-electron chi connectivity index (χ3n) is 5.69. The van der Waals surface area contributed by atoms with E-state index in [0.717, 1.165) is 53.1 Å². The Bertz CT molecular complexity index is 1380. The summed E-state index contributed by atoms with van der Waals surface area (Å²) < 4.78 is 19.1. The van der Waals surface area contributed by atoms with Crippen molar-refractivity contribution in [3.8, 4) is 5.75 Å². The number of amidine groups is 1. The molecule has 0 aliphatic carbocycles. The highest BCUT2D eigenvalue weighted by molar-refractivity contribution is 6.32. The summed E-state index contributed by atoms with van der Waals surface area (Å²) in [5, 5.41) is 4.64. The Labute approximate surface area is 202 Å². The highest BCUT2D eigenvalue weighted by atomic mass is 35.5. The van der Waals surface area contributed by atoms with Crippen LogP contribution in [0.1, 0.15) is 18.4 Å². The first-order valence-corrected chi connectivity index (χ1v) is 11.4. The molecule has 1 aromatic heterocycles. The number of rotatable bonds is 6. The summed E-state index contributed by atoms with van der Waals surface area (Å²) in [4.78, 5) is 15.8. The average molecular weight is 476 g/mol. The van der Waals surface area contributed by atoms with Crippen LogP contribution >= 0.6 is 11.6 Å². The molecular weight excluding hydrogens is 453 g/mol. The molecule has 0 radical (unpaired) electrons. The summed E-state index contributed by atoms with van der Waals surface area (Å²) in [5.41, 5.74) is 3.18. The molecule has 0 amide bonds. The quantitative estimate of drug-likeness (QED) is 0.345. The molecule has 0 bridgehead atoms. The third-order valence-corrected chi connectivity index (χ3v) is 5.98. The van der Waals surface area contributed by atoms with Gasteiger partial charge in [0.1, 0.15) is 36.2 Å². The summed E-state index contributed by atoms with van der Waals surface area (Å²) in [7, 11) is 2.07. The molecule has 6 nitrogen and oxygen atoms in total. The molecule has 34 heavy (non-hydrogen) atoms. The molecule has 1 fully saturated rings. The number of nitrogens with zero attached hydrogens (tertiary/aromatic N) is 4. The SMILES string of the molecule is CN1CCCC1=Nc1ccc2ncnc(Nc3ccc(OCc4cccc(F)c4)c(Cl)c3)c2c1. The molecule has 1 aliphatic rings. The third kappa shape index (κ3) is 4.94. The Hall–Kier alpha value is -3.71. The molecule has 1 N–H and O–H groups in total. The Morgan fingerprint density at radius 3 is 2.82 bits per heavy atom. The number of aliphatic imine (C=N–C) groups is 1. The van der Waals surface area contributed by atoms with Crippen molar-refractivity contribution in [2.45, 2.75) is 19.4 Å². The van der Waals surface area contributed by atoms with Crippen molar-refractivity contribution < 1.29 is 9.13 Å². The van der Waals surface area contributed by atoms with Crippen molar-refractivity contribution in [1.29, 1.82) is 0 Å². The number of hydrogen-bond donors (Lipinski definition) is 1. The molecule has 172 valence electrons. The van der Waals surface area contributed by atoms with Gasteiger partial charge in [0.05, 0.1) is 16.2 Å². The molecule has 0 spiro atoms. The van der Waals surface area contributed by atoms with Crippen molar-refractivity contribution in [2.24, 2.45) is 4.99 Å². The van der Waals surface area contributed by atoms with Gasteiger partial charge in [-0.15, -0.1) is 0 Å². The second-order valence-corrected chi connectivity index (χ2v) is 8.57. The molecule has 4 aromatic rings. The number of fused-ring (bicyclic) bond motifs is 1. The molecule has 1 saturated heterocycles. The molecule has 5 rings (SSSR count). The number of anilines is 2. The first kappa shape index (κ1) is 22.1. The standard InChI is InChI=1S/C26H23ClFN5O/c1-33-11-3-6-25(33)31-19-7-9-23-21(13-19)26(30-16-29-23)32-20-8-10-24(22(27)14-20)34-15-17-4-2-5-18(28)12-17/h2,4-5,7-10,12-14,16H,3,6,11,15H2,1H3,(H,29,30,32). The number of hydrogen-bond acceptors (Lipinski definition) is 5. The topological polar surface area (TPSA) is 62.6 Å². The van der Waals surface area contributed by atoms with Crippen LogP contribution in [-0.4, -0.2) is 34.3 Å². The number of halogens is 2. The van der Waals surface area contributed by atoms with E-state index in [0.29, 0.717) is 16.6 Å². The lowest BCUT2D eigenvalue weighted by molar-refractivity contribution is 0.306. The Morgan fingerprint density at radius 2 is 2.03 bits per heavy atom. The smallest absolute Gasteiger partial charge is 0.141 e. The summed E-state index contributed by atoms with van der Waals surface area (Å²) in [6.45, 7) is 1.26. The van der Waals surface area contributed by atoms with E-state index in [2.05, 4.69) is 27.2 Å². The highest BCUT2D eigenvalue weighted by Crippen LogP contribution is 2.32. The van der Waals surface area contributed by atoms with Crippen LogP contribution in [0.2, 0.25) is 5.02 Å². The molecule has 3 aromatic carbocycles. The van der Waals surface area contributed by atoms with Crippen molar-refractivity contribution >= 4 is 45.5 Å². The van der Waals surface area contributed by atoms with E-state index in [-0.39, 0.29) is 12.4 Å². The van der Waals surface area contributed by atoms with Crippen LogP contribution in [0.3, 0.4) is 0 Å². The summed E-state index contributed by atoms with van der Waals surface area (Å²) in [6.07, 6.45) is 3.64. The van der Waals surface area contributed by atoms with E-state index >= 15 is 0 Å². The summed E-state index contributed by atoms with van der Waals surface area (Å²) >= 11 is 6.45. The lowest BCUT2D eigenvalue weighted by Crippen LogP contribution is -2.18. The van der Waals surface area contributed by atoms with Gasteiger partial charge in [0.15, 0.2) is 0 Å². The van der Waals surface area contributed by atoms with Gasteiger partial charge in [-0.25, -0.2) is 19.4 Å². The van der Waals surface area contributed by atoms with Gasteiger partial charge in [0.2, 0.25) is 0 Å². The van der Waals surface area contributed by atoms with Gasteiger partial charge in [-0.05, 0) is 60.5 Å². The minimum absolute atomic E-state index is 0.223. The van der Waals surface area contributed by atoms with Gasteiger partial charge in [-0.3, -0.25) is 0 Å². The number of nitrogens with one attached hydrogen (secondary N) is 1. The minimum atomic E-state index is -0.298. The zero-order valence-corrected chi connectivity index (χ0v) is 19.4. The molecule has 0 saturated carbocycles. The van der Waals surface area contributed by atoms with Gasteiger partial charge in [-0.1, -0.05) is 23.7 Å². The second-order valence-electron chi connectivity index (χ2n) is 8.17. The molecule has 0 unspecified atom stereocenters. The van der Waals surface area contributed by atoms with Crippen LogP contribution in [0.5, 0.6) is 5.75 Å². The number of likely N-dealkylation sites (tertiary alicyclic amines) is 1. The molecule has 0 atom stereocenters. The predicted molar refractivity (Wildman–Crippen MR) is 134 cm³/mol. The van der Waals surface area contributed by atoms with E-state index in [1.807, 2.05) is 24.3 Å². The monoisotopic (exact) mass is 475 g/mol.